The van der Waals surface area contributed by atoms with Crippen molar-refractivity contribution in [2.24, 2.45) is 0 Å². The van der Waals surface area contributed by atoms with Crippen molar-refractivity contribution in [3.63, 3.8) is 0 Å². The van der Waals surface area contributed by atoms with E-state index in [1.807, 2.05) is 23.3 Å². The normalized spacial score (nSPS) is 24.9. The van der Waals surface area contributed by atoms with E-state index in [1.165, 1.54) is 4.70 Å². The molecule has 2 aromatic rings. The van der Waals surface area contributed by atoms with Gasteiger partial charge in [-0.25, -0.2) is 4.98 Å². The van der Waals surface area contributed by atoms with Crippen LogP contribution in [0.2, 0.25) is 0 Å². The third-order valence-corrected chi connectivity index (χ3v) is 3.63. The fourth-order valence-corrected chi connectivity index (χ4v) is 2.71. The fourth-order valence-electron chi connectivity index (χ4n) is 1.73. The minimum Gasteiger partial charge on any atom is -0.267 e. The molecule has 0 radical (unpaired) electrons. The van der Waals surface area contributed by atoms with Crippen LogP contribution in [0.15, 0.2) is 24.3 Å². The van der Waals surface area contributed by atoms with Crippen LogP contribution in [0.1, 0.15) is 32.0 Å². The van der Waals surface area contributed by atoms with E-state index in [-0.39, 0.29) is 11.8 Å². The van der Waals surface area contributed by atoms with Gasteiger partial charge < -0.3 is 0 Å². The minimum absolute atomic E-state index is 0.0442. The molecule has 1 aliphatic rings. The van der Waals surface area contributed by atoms with Crippen LogP contribution in [-0.4, -0.2) is 15.6 Å². The third kappa shape index (κ3) is 1.63. The Labute approximate surface area is 98.6 Å². The van der Waals surface area contributed by atoms with Crippen molar-refractivity contribution in [2.75, 3.05) is 0 Å². The Morgan fingerprint density at radius 2 is 2.06 bits per heavy atom. The number of hydroxylamine groups is 2. The zero-order chi connectivity index (χ0) is 11.3. The van der Waals surface area contributed by atoms with Crippen molar-refractivity contribution in [2.45, 2.75) is 32.5 Å². The summed E-state index contributed by atoms with van der Waals surface area (Å²) in [5.41, 5.74) is 1.11. The molecule has 3 nitrogen and oxygen atoms in total. The maximum absolute atomic E-state index is 5.58. The first-order valence-corrected chi connectivity index (χ1v) is 6.19. The van der Waals surface area contributed by atoms with Crippen LogP contribution in [-0.2, 0) is 4.84 Å². The second-order valence-electron chi connectivity index (χ2n) is 4.97. The Balaban J connectivity index is 1.92. The number of aromatic nitrogens is 1. The van der Waals surface area contributed by atoms with E-state index in [0.717, 1.165) is 10.5 Å². The van der Waals surface area contributed by atoms with Crippen molar-refractivity contribution in [1.29, 1.82) is 0 Å². The summed E-state index contributed by atoms with van der Waals surface area (Å²) in [6.07, 6.45) is 0.0531. The van der Waals surface area contributed by atoms with Crippen molar-refractivity contribution < 1.29 is 4.84 Å². The van der Waals surface area contributed by atoms with Crippen molar-refractivity contribution in [3.8, 4) is 0 Å². The van der Waals surface area contributed by atoms with Gasteiger partial charge in [0.25, 0.3) is 0 Å². The summed E-state index contributed by atoms with van der Waals surface area (Å²) in [6.45, 7) is 6.42. The molecule has 0 saturated carbocycles. The Morgan fingerprint density at radius 3 is 2.69 bits per heavy atom. The number of rotatable bonds is 1. The molecule has 0 aliphatic carbocycles. The Bertz CT molecular complexity index is 496. The first-order valence-electron chi connectivity index (χ1n) is 5.37. The smallest absolute Gasteiger partial charge is 0.206 e. The van der Waals surface area contributed by atoms with E-state index in [0.29, 0.717) is 0 Å². The fraction of sp³-hybridized carbons (Fsp3) is 0.417. The molecule has 84 valence electrons. The van der Waals surface area contributed by atoms with Gasteiger partial charge in [0.05, 0.1) is 10.2 Å². The zero-order valence-corrected chi connectivity index (χ0v) is 10.4. The summed E-state index contributed by atoms with van der Waals surface area (Å²) in [4.78, 5) is 10.2. The lowest BCUT2D eigenvalue weighted by Gasteiger charge is -2.15. The van der Waals surface area contributed by atoms with Crippen molar-refractivity contribution in [3.05, 3.63) is 29.3 Å². The van der Waals surface area contributed by atoms with Crippen LogP contribution in [0.3, 0.4) is 0 Å². The van der Waals surface area contributed by atoms with Crippen LogP contribution in [0.5, 0.6) is 0 Å². The molecule has 1 saturated heterocycles. The van der Waals surface area contributed by atoms with Crippen LogP contribution < -0.4 is 0 Å². The summed E-state index contributed by atoms with van der Waals surface area (Å²) in [6, 6.07) is 8.19. The lowest BCUT2D eigenvalue weighted by molar-refractivity contribution is 0.101. The topological polar surface area (TPSA) is 28.4 Å². The third-order valence-electron chi connectivity index (χ3n) is 2.56. The molecule has 0 N–H and O–H groups in total. The summed E-state index contributed by atoms with van der Waals surface area (Å²) in [7, 11) is 0. The van der Waals surface area contributed by atoms with Crippen LogP contribution >= 0.6 is 11.3 Å². The molecule has 1 aromatic carbocycles. The van der Waals surface area contributed by atoms with Gasteiger partial charge in [0, 0.05) is 5.54 Å². The maximum atomic E-state index is 5.58. The molecular formula is C12H14N2OS. The van der Waals surface area contributed by atoms with E-state index in [2.05, 4.69) is 31.8 Å². The van der Waals surface area contributed by atoms with Crippen LogP contribution in [0.25, 0.3) is 10.2 Å². The molecule has 1 aliphatic heterocycles. The quantitative estimate of drug-likeness (QED) is 0.708. The number of benzene rings is 1. The highest BCUT2D eigenvalue weighted by Gasteiger charge is 2.47. The molecule has 16 heavy (non-hydrogen) atoms. The largest absolute Gasteiger partial charge is 0.267 e. The van der Waals surface area contributed by atoms with Gasteiger partial charge in [-0.3, -0.25) is 4.84 Å². The first kappa shape index (κ1) is 10.2. The molecule has 2 unspecified atom stereocenters. The number of thiazole rings is 1. The standard InChI is InChI=1S/C12H14N2OS/c1-12(2,3)14-11(15-14)10-13-8-6-4-5-7-9(8)16-10/h4-7,11H,1-3H3. The van der Waals surface area contributed by atoms with E-state index in [1.54, 1.807) is 11.3 Å². The number of nitrogens with zero attached hydrogens (tertiary/aromatic N) is 2. The van der Waals surface area contributed by atoms with Gasteiger partial charge in [0.1, 0.15) is 5.01 Å². The van der Waals surface area contributed by atoms with Gasteiger partial charge in [0.15, 0.2) is 0 Å². The van der Waals surface area contributed by atoms with E-state index < -0.39 is 0 Å². The summed E-state index contributed by atoms with van der Waals surface area (Å²) in [5.74, 6) is 0. The maximum Gasteiger partial charge on any atom is 0.206 e. The Hall–Kier alpha value is -0.970. The van der Waals surface area contributed by atoms with Gasteiger partial charge >= 0.3 is 0 Å². The van der Waals surface area contributed by atoms with Gasteiger partial charge in [-0.1, -0.05) is 12.1 Å². The second-order valence-corrected chi connectivity index (χ2v) is 6.04. The monoisotopic (exact) mass is 234 g/mol. The van der Waals surface area contributed by atoms with Gasteiger partial charge in [0.2, 0.25) is 6.23 Å². The lowest BCUT2D eigenvalue weighted by atomic mass is 10.1. The van der Waals surface area contributed by atoms with Crippen molar-refractivity contribution in [1.82, 2.24) is 10.0 Å². The molecule has 1 fully saturated rings. The number of hydrogen-bond acceptors (Lipinski definition) is 4. The predicted molar refractivity (Wildman–Crippen MR) is 65.0 cm³/mol. The Morgan fingerprint density at radius 1 is 1.31 bits per heavy atom. The SMILES string of the molecule is CC(C)(C)N1OC1c1nc2ccccc2s1. The number of hydrogen-bond donors (Lipinski definition) is 0. The summed E-state index contributed by atoms with van der Waals surface area (Å²) in [5, 5.41) is 3.04. The minimum atomic E-state index is 0.0442. The second kappa shape index (κ2) is 3.26. The van der Waals surface area contributed by atoms with Gasteiger partial charge in [-0.05, 0) is 32.9 Å². The molecule has 0 bridgehead atoms. The van der Waals surface area contributed by atoms with E-state index in [9.17, 15) is 0 Å². The zero-order valence-electron chi connectivity index (χ0n) is 9.60. The van der Waals surface area contributed by atoms with Crippen molar-refractivity contribution >= 4 is 21.6 Å². The van der Waals surface area contributed by atoms with Crippen LogP contribution in [0, 0.1) is 0 Å². The number of fused-ring (bicyclic) bond motifs is 1. The molecule has 4 heteroatoms. The number of para-hydroxylation sites is 1. The molecule has 2 atom stereocenters. The Kier molecular flexibility index (Phi) is 2.08. The summed E-state index contributed by atoms with van der Waals surface area (Å²) >= 11 is 1.71. The van der Waals surface area contributed by atoms with Gasteiger partial charge in [-0.15, -0.1) is 16.4 Å². The van der Waals surface area contributed by atoms with Gasteiger partial charge in [-0.2, -0.15) is 0 Å². The molecule has 2 heterocycles. The van der Waals surface area contributed by atoms with E-state index in [4.69, 9.17) is 4.84 Å². The molecule has 1 aromatic heterocycles. The molecular weight excluding hydrogens is 220 g/mol. The first-order chi connectivity index (χ1) is 7.55. The highest BCUT2D eigenvalue weighted by atomic mass is 32.1. The lowest BCUT2D eigenvalue weighted by Crippen LogP contribution is -2.25. The average Bonchev–Trinajstić information content (AvgIpc) is 2.91. The highest BCUT2D eigenvalue weighted by molar-refractivity contribution is 7.18. The predicted octanol–water partition coefficient (Wildman–Crippen LogP) is 3.34. The molecule has 0 amide bonds. The van der Waals surface area contributed by atoms with E-state index >= 15 is 0 Å². The average molecular weight is 234 g/mol. The van der Waals surface area contributed by atoms with Crippen LogP contribution in [0.4, 0.5) is 0 Å². The summed E-state index contributed by atoms with van der Waals surface area (Å²) < 4.78 is 1.22. The molecule has 0 spiro atoms. The highest BCUT2D eigenvalue weighted by Crippen LogP contribution is 2.45. The molecule has 3 rings (SSSR count).